The Hall–Kier alpha value is -1.63. The van der Waals surface area contributed by atoms with Crippen LogP contribution in [-0.2, 0) is 23.2 Å². The number of hydrogen-bond acceptors (Lipinski definition) is 2. The molecule has 0 bridgehead atoms. The van der Waals surface area contributed by atoms with E-state index in [1.807, 2.05) is 7.05 Å². The Balaban J connectivity index is 0. The second-order valence-corrected chi connectivity index (χ2v) is 4.14. The molecule has 7 heteroatoms. The molecule has 0 aromatic carbocycles. The number of nitrogens with zero attached hydrogens (tertiary/aromatic N) is 2. The summed E-state index contributed by atoms with van der Waals surface area (Å²) in [7, 11) is 2.04. The molecule has 1 aromatic rings. The van der Waals surface area contributed by atoms with Gasteiger partial charge in [0.05, 0.1) is 13.6 Å². The lowest BCUT2D eigenvalue weighted by Crippen LogP contribution is -3.00. The molecule has 6 nitrogen and oxygen atoms in total. The smallest absolute Gasteiger partial charge is 0.331 e. The van der Waals surface area contributed by atoms with Gasteiger partial charge in [0.15, 0.2) is 0 Å². The lowest BCUT2D eigenvalue weighted by atomic mass is 10.3. The first-order chi connectivity index (χ1) is 8.86. The highest BCUT2D eigenvalue weighted by Crippen LogP contribution is 1.89. The third-order valence-corrected chi connectivity index (χ3v) is 2.27. The number of halogens is 1. The maximum Gasteiger partial charge on any atom is 0.331 e. The zero-order valence-corrected chi connectivity index (χ0v) is 13.5. The van der Waals surface area contributed by atoms with Crippen LogP contribution in [0.4, 0.5) is 0 Å². The van der Waals surface area contributed by atoms with Crippen LogP contribution < -0.4 is 21.5 Å². The quantitative estimate of drug-likeness (QED) is 0.486. The summed E-state index contributed by atoms with van der Waals surface area (Å²) < 4.78 is 4.28. The van der Waals surface area contributed by atoms with E-state index in [1.165, 1.54) is 19.8 Å². The van der Waals surface area contributed by atoms with Crippen molar-refractivity contribution in [3.63, 3.8) is 0 Å². The maximum absolute atomic E-state index is 9.90. The Morgan fingerprint density at radius 1 is 1.35 bits per heavy atom. The fraction of sp³-hybridized carbons (Fsp3) is 0.462. The number of aromatic nitrogens is 2. The van der Waals surface area contributed by atoms with Gasteiger partial charge in [-0.2, -0.15) is 0 Å². The summed E-state index contributed by atoms with van der Waals surface area (Å²) in [5.41, 5.74) is -0.178. The predicted molar refractivity (Wildman–Crippen MR) is 69.5 cm³/mol. The largest absolute Gasteiger partial charge is 1.00 e. The highest BCUT2D eigenvalue weighted by Gasteiger charge is 2.00. The van der Waals surface area contributed by atoms with Crippen molar-refractivity contribution in [2.75, 3.05) is 0 Å². The van der Waals surface area contributed by atoms with E-state index in [0.717, 1.165) is 6.54 Å². The average molecular weight is 349 g/mol. The number of aliphatic carboxylic acids is 2. The molecule has 0 aliphatic carbocycles. The Morgan fingerprint density at radius 3 is 2.25 bits per heavy atom. The van der Waals surface area contributed by atoms with Gasteiger partial charge in [0, 0.05) is 11.6 Å². The number of carbonyl (C=O) groups is 2. The SMILES string of the molecule is C/C(=C/C(=O)O)C(=O)O.CCCC[n+]1ccn(C)c1.[Br-]. The van der Waals surface area contributed by atoms with Gasteiger partial charge in [0.25, 0.3) is 0 Å². The summed E-state index contributed by atoms with van der Waals surface area (Å²) in [5, 5.41) is 16.1. The number of imidazole rings is 1. The molecular formula is C13H21BrN2O4. The molecule has 0 saturated carbocycles. The first-order valence-corrected chi connectivity index (χ1v) is 6.02. The zero-order chi connectivity index (χ0) is 14.8. The van der Waals surface area contributed by atoms with Gasteiger partial charge >= 0.3 is 11.9 Å². The lowest BCUT2D eigenvalue weighted by molar-refractivity contribution is -0.696. The van der Waals surface area contributed by atoms with Gasteiger partial charge in [0.2, 0.25) is 6.33 Å². The van der Waals surface area contributed by atoms with E-state index in [2.05, 4.69) is 34.8 Å². The lowest BCUT2D eigenvalue weighted by Gasteiger charge is -1.90. The van der Waals surface area contributed by atoms with Crippen molar-refractivity contribution in [2.24, 2.45) is 7.05 Å². The van der Waals surface area contributed by atoms with E-state index in [1.54, 1.807) is 0 Å². The number of hydrogen-bond donors (Lipinski definition) is 2. The topological polar surface area (TPSA) is 83.4 Å². The number of carboxylic acid groups (broad SMARTS) is 2. The summed E-state index contributed by atoms with van der Waals surface area (Å²) in [4.78, 5) is 19.7. The maximum atomic E-state index is 9.90. The van der Waals surface area contributed by atoms with Crippen molar-refractivity contribution < 1.29 is 41.4 Å². The van der Waals surface area contributed by atoms with Crippen LogP contribution in [0.5, 0.6) is 0 Å². The molecule has 0 spiro atoms. The van der Waals surface area contributed by atoms with Gasteiger partial charge in [0.1, 0.15) is 12.4 Å². The summed E-state index contributed by atoms with van der Waals surface area (Å²) in [6.07, 6.45) is 9.46. The number of aryl methyl sites for hydroxylation is 2. The minimum Gasteiger partial charge on any atom is -1.00 e. The standard InChI is InChI=1S/C8H15N2.C5H6O4.BrH/c1-3-4-5-10-7-6-9(2)8-10;1-3(5(8)9)2-4(6)7;/h6-8H,3-5H2,1-2H3;2H,1H3,(H,6,7)(H,8,9);1H/q+1;;/p-1/b;3-2-;. The van der Waals surface area contributed by atoms with E-state index in [9.17, 15) is 9.59 Å². The molecule has 0 saturated heterocycles. The van der Waals surface area contributed by atoms with E-state index in [0.29, 0.717) is 6.08 Å². The van der Waals surface area contributed by atoms with E-state index < -0.39 is 11.9 Å². The van der Waals surface area contributed by atoms with Crippen LogP contribution in [0.2, 0.25) is 0 Å². The molecule has 1 aromatic heterocycles. The molecule has 1 rings (SSSR count). The fourth-order valence-electron chi connectivity index (χ4n) is 1.22. The van der Waals surface area contributed by atoms with Crippen molar-refractivity contribution in [1.29, 1.82) is 0 Å². The van der Waals surface area contributed by atoms with Crippen LogP contribution in [0, 0.1) is 0 Å². The van der Waals surface area contributed by atoms with Gasteiger partial charge < -0.3 is 27.2 Å². The Labute approximate surface area is 129 Å². The summed E-state index contributed by atoms with van der Waals surface area (Å²) >= 11 is 0. The van der Waals surface area contributed by atoms with Crippen molar-refractivity contribution in [2.45, 2.75) is 33.2 Å². The summed E-state index contributed by atoms with van der Waals surface area (Å²) in [6.45, 7) is 4.58. The van der Waals surface area contributed by atoms with Crippen LogP contribution >= 0.6 is 0 Å². The Bertz CT molecular complexity index is 455. The van der Waals surface area contributed by atoms with Gasteiger partial charge in [-0.15, -0.1) is 0 Å². The van der Waals surface area contributed by atoms with Crippen LogP contribution in [0.1, 0.15) is 26.7 Å². The third kappa shape index (κ3) is 10.3. The Kier molecular flexibility index (Phi) is 11.6. The molecule has 0 aliphatic rings. The van der Waals surface area contributed by atoms with Crippen molar-refractivity contribution in [3.8, 4) is 0 Å². The van der Waals surface area contributed by atoms with Gasteiger partial charge in [-0.25, -0.2) is 18.7 Å². The highest BCUT2D eigenvalue weighted by molar-refractivity contribution is 5.93. The average Bonchev–Trinajstić information content (AvgIpc) is 2.72. The monoisotopic (exact) mass is 348 g/mol. The molecular weight excluding hydrogens is 328 g/mol. The molecule has 114 valence electrons. The van der Waals surface area contributed by atoms with E-state index in [4.69, 9.17) is 10.2 Å². The highest BCUT2D eigenvalue weighted by atomic mass is 79.9. The molecule has 0 aliphatic heterocycles. The first-order valence-electron chi connectivity index (χ1n) is 6.02. The number of rotatable bonds is 5. The second kappa shape index (κ2) is 11.2. The molecule has 0 fully saturated rings. The van der Waals surface area contributed by atoms with E-state index in [-0.39, 0.29) is 22.6 Å². The molecule has 0 radical (unpaired) electrons. The van der Waals surface area contributed by atoms with Crippen molar-refractivity contribution >= 4 is 11.9 Å². The first kappa shape index (κ1) is 20.7. The van der Waals surface area contributed by atoms with Crippen LogP contribution in [0.15, 0.2) is 30.4 Å². The Morgan fingerprint density at radius 2 is 1.95 bits per heavy atom. The van der Waals surface area contributed by atoms with Crippen LogP contribution in [0.3, 0.4) is 0 Å². The normalized spacial score (nSPS) is 10.1. The van der Waals surface area contributed by atoms with Gasteiger partial charge in [-0.05, 0) is 13.3 Å². The van der Waals surface area contributed by atoms with Crippen LogP contribution in [0.25, 0.3) is 0 Å². The zero-order valence-electron chi connectivity index (χ0n) is 11.9. The molecule has 0 unspecified atom stereocenters. The number of unbranched alkanes of at least 4 members (excludes halogenated alkanes) is 1. The van der Waals surface area contributed by atoms with Crippen LogP contribution in [-0.4, -0.2) is 26.7 Å². The predicted octanol–water partition coefficient (Wildman–Crippen LogP) is -1.78. The molecule has 20 heavy (non-hydrogen) atoms. The minimum absolute atomic E-state index is 0. The van der Waals surface area contributed by atoms with E-state index >= 15 is 0 Å². The van der Waals surface area contributed by atoms with Crippen molar-refractivity contribution in [1.82, 2.24) is 4.57 Å². The molecule has 0 amide bonds. The minimum atomic E-state index is -1.24. The van der Waals surface area contributed by atoms with Gasteiger partial charge in [-0.3, -0.25) is 0 Å². The summed E-state index contributed by atoms with van der Waals surface area (Å²) in [6, 6.07) is 0. The number of carboxylic acids is 2. The molecule has 0 atom stereocenters. The third-order valence-electron chi connectivity index (χ3n) is 2.27. The van der Waals surface area contributed by atoms with Crippen molar-refractivity contribution in [3.05, 3.63) is 30.4 Å². The fourth-order valence-corrected chi connectivity index (χ4v) is 1.22. The van der Waals surface area contributed by atoms with Gasteiger partial charge in [-0.1, -0.05) is 13.3 Å². The second-order valence-electron chi connectivity index (χ2n) is 4.14. The molecule has 1 heterocycles. The summed E-state index contributed by atoms with van der Waals surface area (Å²) in [5.74, 6) is -2.45. The molecule has 2 N–H and O–H groups in total.